The van der Waals surface area contributed by atoms with Gasteiger partial charge in [-0.05, 0) is 53.4 Å². The third kappa shape index (κ3) is 5.05. The SMILES string of the molecule is CCc1nc2c(NCc3ccc(OC)cc3OC)nc(Br)cc2nc1NC1CCOCC1. The van der Waals surface area contributed by atoms with Gasteiger partial charge in [-0.15, -0.1) is 0 Å². The van der Waals surface area contributed by atoms with E-state index in [0.29, 0.717) is 23.0 Å². The summed E-state index contributed by atoms with van der Waals surface area (Å²) in [6, 6.07) is 8.01. The van der Waals surface area contributed by atoms with Crippen LogP contribution >= 0.6 is 15.9 Å². The fourth-order valence-corrected chi connectivity index (χ4v) is 4.15. The molecular weight excluding hydrogens is 474 g/mol. The molecule has 0 bridgehead atoms. The zero-order valence-corrected chi connectivity index (χ0v) is 20.2. The van der Waals surface area contributed by atoms with Crippen molar-refractivity contribution >= 4 is 38.6 Å². The molecule has 3 aromatic rings. The molecule has 2 aromatic heterocycles. The number of halogens is 1. The minimum atomic E-state index is 0.353. The number of hydrogen-bond donors (Lipinski definition) is 2. The fourth-order valence-electron chi connectivity index (χ4n) is 3.76. The highest BCUT2D eigenvalue weighted by Gasteiger charge is 2.18. The molecular formula is C23H28BrN5O3. The van der Waals surface area contributed by atoms with Crippen LogP contribution in [0.25, 0.3) is 11.0 Å². The third-order valence-electron chi connectivity index (χ3n) is 5.53. The minimum absolute atomic E-state index is 0.353. The van der Waals surface area contributed by atoms with Crippen molar-refractivity contribution in [3.63, 3.8) is 0 Å². The summed E-state index contributed by atoms with van der Waals surface area (Å²) in [5.41, 5.74) is 3.45. The molecule has 1 saturated heterocycles. The van der Waals surface area contributed by atoms with Gasteiger partial charge in [0.25, 0.3) is 0 Å². The van der Waals surface area contributed by atoms with Crippen LogP contribution in [0.3, 0.4) is 0 Å². The Balaban J connectivity index is 1.63. The first kappa shape index (κ1) is 22.5. The van der Waals surface area contributed by atoms with Crippen molar-refractivity contribution in [3.05, 3.63) is 40.1 Å². The fraction of sp³-hybridized carbons (Fsp3) is 0.435. The van der Waals surface area contributed by atoms with E-state index in [9.17, 15) is 0 Å². The topological polar surface area (TPSA) is 90.4 Å². The van der Waals surface area contributed by atoms with Crippen LogP contribution in [0.15, 0.2) is 28.9 Å². The van der Waals surface area contributed by atoms with Gasteiger partial charge >= 0.3 is 0 Å². The lowest BCUT2D eigenvalue weighted by molar-refractivity contribution is 0.0903. The van der Waals surface area contributed by atoms with Gasteiger partial charge in [0, 0.05) is 37.4 Å². The lowest BCUT2D eigenvalue weighted by atomic mass is 10.1. The Morgan fingerprint density at radius 2 is 1.88 bits per heavy atom. The van der Waals surface area contributed by atoms with Crippen LogP contribution in [0.2, 0.25) is 0 Å². The Morgan fingerprint density at radius 3 is 2.59 bits per heavy atom. The smallest absolute Gasteiger partial charge is 0.155 e. The van der Waals surface area contributed by atoms with Crippen molar-refractivity contribution in [1.29, 1.82) is 0 Å². The highest BCUT2D eigenvalue weighted by Crippen LogP contribution is 2.29. The van der Waals surface area contributed by atoms with Crippen molar-refractivity contribution < 1.29 is 14.2 Å². The number of benzene rings is 1. The molecule has 0 amide bonds. The molecule has 4 rings (SSSR count). The van der Waals surface area contributed by atoms with E-state index in [-0.39, 0.29) is 0 Å². The van der Waals surface area contributed by atoms with Gasteiger partial charge in [0.15, 0.2) is 5.82 Å². The van der Waals surface area contributed by atoms with E-state index in [1.807, 2.05) is 24.3 Å². The van der Waals surface area contributed by atoms with Crippen LogP contribution in [0.5, 0.6) is 11.5 Å². The highest BCUT2D eigenvalue weighted by molar-refractivity contribution is 9.10. The summed E-state index contributed by atoms with van der Waals surface area (Å²) in [5.74, 6) is 3.01. The van der Waals surface area contributed by atoms with Crippen LogP contribution < -0.4 is 20.1 Å². The molecule has 0 atom stereocenters. The summed E-state index contributed by atoms with van der Waals surface area (Å²) in [5, 5.41) is 6.98. The van der Waals surface area contributed by atoms with Gasteiger partial charge < -0.3 is 24.8 Å². The van der Waals surface area contributed by atoms with E-state index in [4.69, 9.17) is 24.2 Å². The number of nitrogens with one attached hydrogen (secondary N) is 2. The van der Waals surface area contributed by atoms with Crippen molar-refractivity contribution in [2.24, 2.45) is 0 Å². The monoisotopic (exact) mass is 501 g/mol. The third-order valence-corrected chi connectivity index (χ3v) is 5.94. The zero-order chi connectivity index (χ0) is 22.5. The number of fused-ring (bicyclic) bond motifs is 1. The molecule has 0 unspecified atom stereocenters. The van der Waals surface area contributed by atoms with Crippen LogP contribution in [-0.2, 0) is 17.7 Å². The van der Waals surface area contributed by atoms with Crippen LogP contribution in [-0.4, -0.2) is 48.4 Å². The number of methoxy groups -OCH3 is 2. The standard InChI is InChI=1S/C23H28BrN5O3/c1-4-17-22(26-15-7-9-32-10-8-15)28-18-12-20(24)29-23(21(18)27-17)25-13-14-5-6-16(30-2)11-19(14)31-3/h5-6,11-12,15H,4,7-10,13H2,1-3H3,(H,25,29)(H,26,28). The molecule has 1 aliphatic rings. The molecule has 1 fully saturated rings. The maximum atomic E-state index is 5.52. The molecule has 0 aliphatic carbocycles. The van der Waals surface area contributed by atoms with Crippen molar-refractivity contribution in [2.75, 3.05) is 38.1 Å². The van der Waals surface area contributed by atoms with Gasteiger partial charge in [-0.3, -0.25) is 0 Å². The quantitative estimate of drug-likeness (QED) is 0.433. The number of anilines is 2. The predicted molar refractivity (Wildman–Crippen MR) is 129 cm³/mol. The summed E-state index contributed by atoms with van der Waals surface area (Å²) in [6.45, 7) is 4.17. The van der Waals surface area contributed by atoms with Gasteiger partial charge in [0.05, 0.1) is 25.4 Å². The normalized spacial score (nSPS) is 14.4. The highest BCUT2D eigenvalue weighted by atomic mass is 79.9. The zero-order valence-electron chi connectivity index (χ0n) is 18.6. The number of pyridine rings is 1. The second-order valence-electron chi connectivity index (χ2n) is 7.60. The van der Waals surface area contributed by atoms with Gasteiger partial charge in [-0.2, -0.15) is 0 Å². The Labute approximate surface area is 196 Å². The van der Waals surface area contributed by atoms with E-state index >= 15 is 0 Å². The Hall–Kier alpha value is -2.65. The maximum Gasteiger partial charge on any atom is 0.155 e. The molecule has 1 aromatic carbocycles. The van der Waals surface area contributed by atoms with E-state index in [1.54, 1.807) is 14.2 Å². The summed E-state index contributed by atoms with van der Waals surface area (Å²) >= 11 is 3.52. The van der Waals surface area contributed by atoms with Crippen molar-refractivity contribution in [2.45, 2.75) is 38.8 Å². The largest absolute Gasteiger partial charge is 0.497 e. The molecule has 3 heterocycles. The number of hydrogen-bond acceptors (Lipinski definition) is 8. The average molecular weight is 502 g/mol. The second-order valence-corrected chi connectivity index (χ2v) is 8.41. The van der Waals surface area contributed by atoms with Gasteiger partial charge in [-0.25, -0.2) is 15.0 Å². The first-order valence-corrected chi connectivity index (χ1v) is 11.6. The molecule has 8 nitrogen and oxygen atoms in total. The molecule has 32 heavy (non-hydrogen) atoms. The van der Waals surface area contributed by atoms with E-state index in [1.165, 1.54) is 0 Å². The van der Waals surface area contributed by atoms with Gasteiger partial charge in [0.2, 0.25) is 0 Å². The molecule has 2 N–H and O–H groups in total. The molecule has 170 valence electrons. The number of nitrogens with zero attached hydrogens (tertiary/aromatic N) is 3. The first-order valence-electron chi connectivity index (χ1n) is 10.8. The number of aryl methyl sites for hydroxylation is 1. The second kappa shape index (κ2) is 10.3. The lowest BCUT2D eigenvalue weighted by Crippen LogP contribution is -2.29. The Morgan fingerprint density at radius 1 is 1.06 bits per heavy atom. The summed E-state index contributed by atoms with van der Waals surface area (Å²) in [7, 11) is 3.29. The van der Waals surface area contributed by atoms with Crippen molar-refractivity contribution in [3.8, 4) is 11.5 Å². The predicted octanol–water partition coefficient (Wildman–Crippen LogP) is 4.57. The van der Waals surface area contributed by atoms with Crippen LogP contribution in [0, 0.1) is 0 Å². The van der Waals surface area contributed by atoms with E-state index in [0.717, 1.165) is 72.1 Å². The van der Waals surface area contributed by atoms with Gasteiger partial charge in [0.1, 0.15) is 27.4 Å². The maximum absolute atomic E-state index is 5.52. The van der Waals surface area contributed by atoms with E-state index in [2.05, 4.69) is 38.5 Å². The van der Waals surface area contributed by atoms with Gasteiger partial charge in [-0.1, -0.05) is 6.92 Å². The van der Waals surface area contributed by atoms with Crippen LogP contribution in [0.4, 0.5) is 11.6 Å². The average Bonchev–Trinajstić information content (AvgIpc) is 2.82. The molecule has 0 spiro atoms. The summed E-state index contributed by atoms with van der Waals surface area (Å²) in [4.78, 5) is 14.5. The number of aromatic nitrogens is 3. The summed E-state index contributed by atoms with van der Waals surface area (Å²) < 4.78 is 17.0. The Bertz CT molecular complexity index is 1090. The molecule has 0 saturated carbocycles. The number of ether oxygens (including phenoxy) is 3. The Kier molecular flexibility index (Phi) is 7.26. The summed E-state index contributed by atoms with van der Waals surface area (Å²) in [6.07, 6.45) is 2.72. The number of rotatable bonds is 8. The minimum Gasteiger partial charge on any atom is -0.497 e. The lowest BCUT2D eigenvalue weighted by Gasteiger charge is -2.24. The van der Waals surface area contributed by atoms with E-state index < -0.39 is 0 Å². The first-order chi connectivity index (χ1) is 15.6. The van der Waals surface area contributed by atoms with Crippen LogP contribution in [0.1, 0.15) is 31.0 Å². The molecule has 0 radical (unpaired) electrons. The molecule has 1 aliphatic heterocycles. The van der Waals surface area contributed by atoms with Crippen molar-refractivity contribution in [1.82, 2.24) is 15.0 Å². The molecule has 9 heteroatoms.